The molecule has 3 heteroatoms. The van der Waals surface area contributed by atoms with Crippen LogP contribution < -0.4 is 5.32 Å². The summed E-state index contributed by atoms with van der Waals surface area (Å²) in [5.41, 5.74) is 4.15. The van der Waals surface area contributed by atoms with Crippen LogP contribution in [0.1, 0.15) is 29.7 Å². The molecule has 0 saturated carbocycles. The molecule has 1 atom stereocenters. The van der Waals surface area contributed by atoms with Gasteiger partial charge in [-0.1, -0.05) is 43.3 Å². The van der Waals surface area contributed by atoms with E-state index in [2.05, 4.69) is 76.0 Å². The number of rotatable bonds is 4. The van der Waals surface area contributed by atoms with Crippen molar-refractivity contribution in [3.63, 3.8) is 0 Å². The number of thiophene rings is 1. The van der Waals surface area contributed by atoms with Crippen molar-refractivity contribution in [2.45, 2.75) is 19.4 Å². The lowest BCUT2D eigenvalue weighted by Crippen LogP contribution is -2.18. The molecule has 0 aliphatic heterocycles. The van der Waals surface area contributed by atoms with Gasteiger partial charge in [-0.15, -0.1) is 11.3 Å². The number of benzene rings is 2. The molecule has 1 aromatic heterocycles. The normalized spacial score (nSPS) is 12.7. The summed E-state index contributed by atoms with van der Waals surface area (Å²) in [6, 6.07) is 15.4. The second kappa shape index (κ2) is 6.30. The zero-order chi connectivity index (χ0) is 14.8. The van der Waals surface area contributed by atoms with E-state index in [1.807, 2.05) is 7.05 Å². The standard InChI is InChI=1S/C18H18BrNS/c1-3-12-7-4-5-8-13(12)17(20-2)15-11-21-18-14(15)9-6-10-16(18)19/h4-11,17,20H,3H2,1-2H3. The summed E-state index contributed by atoms with van der Waals surface area (Å²) in [7, 11) is 2.04. The molecular weight excluding hydrogens is 342 g/mol. The van der Waals surface area contributed by atoms with Gasteiger partial charge in [0.1, 0.15) is 0 Å². The van der Waals surface area contributed by atoms with Crippen LogP contribution in [-0.2, 0) is 6.42 Å². The molecule has 0 aliphatic carbocycles. The first-order valence-electron chi connectivity index (χ1n) is 7.17. The summed E-state index contributed by atoms with van der Waals surface area (Å²) in [6.45, 7) is 2.22. The zero-order valence-electron chi connectivity index (χ0n) is 12.2. The molecule has 0 radical (unpaired) electrons. The molecule has 1 nitrogen and oxygen atoms in total. The van der Waals surface area contributed by atoms with Gasteiger partial charge in [0.2, 0.25) is 0 Å². The molecular formula is C18H18BrNS. The summed E-state index contributed by atoms with van der Waals surface area (Å²) in [5.74, 6) is 0. The predicted molar refractivity (Wildman–Crippen MR) is 96.2 cm³/mol. The van der Waals surface area contributed by atoms with Gasteiger partial charge in [-0.2, -0.15) is 0 Å². The van der Waals surface area contributed by atoms with E-state index < -0.39 is 0 Å². The fourth-order valence-corrected chi connectivity index (χ4v) is 4.53. The van der Waals surface area contributed by atoms with Gasteiger partial charge in [-0.25, -0.2) is 0 Å². The minimum atomic E-state index is 0.240. The molecule has 3 aromatic rings. The third-order valence-electron chi connectivity index (χ3n) is 3.93. The maximum absolute atomic E-state index is 3.66. The van der Waals surface area contributed by atoms with E-state index in [0.29, 0.717) is 0 Å². The summed E-state index contributed by atoms with van der Waals surface area (Å²) >= 11 is 5.46. The Morgan fingerprint density at radius 1 is 1.10 bits per heavy atom. The lowest BCUT2D eigenvalue weighted by atomic mass is 9.93. The average Bonchev–Trinajstić information content (AvgIpc) is 2.94. The molecule has 1 unspecified atom stereocenters. The summed E-state index contributed by atoms with van der Waals surface area (Å²) in [5, 5.41) is 7.11. The average molecular weight is 360 g/mol. The lowest BCUT2D eigenvalue weighted by molar-refractivity contribution is 0.691. The Bertz CT molecular complexity index is 763. The molecule has 108 valence electrons. The fourth-order valence-electron chi connectivity index (χ4n) is 2.88. The molecule has 1 N–H and O–H groups in total. The van der Waals surface area contributed by atoms with Crippen LogP contribution in [0.4, 0.5) is 0 Å². The Kier molecular flexibility index (Phi) is 4.43. The van der Waals surface area contributed by atoms with Crippen LogP contribution in [0.15, 0.2) is 52.3 Å². The number of fused-ring (bicyclic) bond motifs is 1. The maximum Gasteiger partial charge on any atom is 0.0591 e. The van der Waals surface area contributed by atoms with E-state index in [4.69, 9.17) is 0 Å². The zero-order valence-corrected chi connectivity index (χ0v) is 14.6. The Morgan fingerprint density at radius 2 is 1.90 bits per heavy atom. The van der Waals surface area contributed by atoms with Crippen molar-refractivity contribution in [3.05, 3.63) is 69.0 Å². The van der Waals surface area contributed by atoms with Crippen molar-refractivity contribution in [1.82, 2.24) is 5.32 Å². The highest BCUT2D eigenvalue weighted by molar-refractivity contribution is 9.10. The molecule has 0 amide bonds. The minimum Gasteiger partial charge on any atom is -0.309 e. The second-order valence-electron chi connectivity index (χ2n) is 5.08. The third kappa shape index (κ3) is 2.66. The summed E-state index contributed by atoms with van der Waals surface area (Å²) in [6.07, 6.45) is 1.06. The van der Waals surface area contributed by atoms with Gasteiger partial charge in [-0.3, -0.25) is 0 Å². The van der Waals surface area contributed by atoms with Crippen LogP contribution in [0.25, 0.3) is 10.1 Å². The molecule has 0 aliphatic rings. The monoisotopic (exact) mass is 359 g/mol. The van der Waals surface area contributed by atoms with Crippen LogP contribution in [0.5, 0.6) is 0 Å². The van der Waals surface area contributed by atoms with E-state index >= 15 is 0 Å². The van der Waals surface area contributed by atoms with Crippen molar-refractivity contribution in [2.24, 2.45) is 0 Å². The van der Waals surface area contributed by atoms with Crippen LogP contribution in [0.2, 0.25) is 0 Å². The van der Waals surface area contributed by atoms with Gasteiger partial charge in [0.15, 0.2) is 0 Å². The van der Waals surface area contributed by atoms with Crippen LogP contribution >= 0.6 is 27.3 Å². The second-order valence-corrected chi connectivity index (χ2v) is 6.82. The van der Waals surface area contributed by atoms with Gasteiger partial charge in [-0.05, 0) is 62.9 Å². The van der Waals surface area contributed by atoms with Crippen molar-refractivity contribution < 1.29 is 0 Å². The van der Waals surface area contributed by atoms with Crippen LogP contribution in [-0.4, -0.2) is 7.05 Å². The van der Waals surface area contributed by atoms with Gasteiger partial charge in [0, 0.05) is 9.17 Å². The van der Waals surface area contributed by atoms with Crippen LogP contribution in [0.3, 0.4) is 0 Å². The predicted octanol–water partition coefficient (Wildman–Crippen LogP) is 5.54. The Morgan fingerprint density at radius 3 is 2.67 bits per heavy atom. The minimum absolute atomic E-state index is 0.240. The summed E-state index contributed by atoms with van der Waals surface area (Å²) < 4.78 is 2.50. The number of hydrogen-bond acceptors (Lipinski definition) is 2. The summed E-state index contributed by atoms with van der Waals surface area (Å²) in [4.78, 5) is 0. The topological polar surface area (TPSA) is 12.0 Å². The molecule has 2 aromatic carbocycles. The van der Waals surface area contributed by atoms with E-state index in [-0.39, 0.29) is 6.04 Å². The van der Waals surface area contributed by atoms with Gasteiger partial charge >= 0.3 is 0 Å². The van der Waals surface area contributed by atoms with Crippen molar-refractivity contribution in [2.75, 3.05) is 7.05 Å². The van der Waals surface area contributed by atoms with E-state index in [1.54, 1.807) is 11.3 Å². The molecule has 0 fully saturated rings. The quantitative estimate of drug-likeness (QED) is 0.645. The lowest BCUT2D eigenvalue weighted by Gasteiger charge is -2.19. The first kappa shape index (κ1) is 14.8. The number of hydrogen-bond donors (Lipinski definition) is 1. The highest BCUT2D eigenvalue weighted by Crippen LogP contribution is 2.37. The highest BCUT2D eigenvalue weighted by atomic mass is 79.9. The van der Waals surface area contributed by atoms with Crippen LogP contribution in [0, 0.1) is 0 Å². The molecule has 3 rings (SSSR count). The third-order valence-corrected chi connectivity index (χ3v) is 5.90. The van der Waals surface area contributed by atoms with Crippen molar-refractivity contribution >= 4 is 37.4 Å². The van der Waals surface area contributed by atoms with Gasteiger partial charge in [0.25, 0.3) is 0 Å². The van der Waals surface area contributed by atoms with E-state index in [1.165, 1.54) is 31.2 Å². The van der Waals surface area contributed by atoms with Gasteiger partial charge < -0.3 is 5.32 Å². The molecule has 0 saturated heterocycles. The van der Waals surface area contributed by atoms with E-state index in [0.717, 1.165) is 6.42 Å². The Labute approximate surface area is 138 Å². The fraction of sp³-hybridized carbons (Fsp3) is 0.222. The molecule has 1 heterocycles. The van der Waals surface area contributed by atoms with Crippen molar-refractivity contribution in [3.8, 4) is 0 Å². The molecule has 0 bridgehead atoms. The largest absolute Gasteiger partial charge is 0.309 e. The molecule has 21 heavy (non-hydrogen) atoms. The van der Waals surface area contributed by atoms with E-state index in [9.17, 15) is 0 Å². The smallest absolute Gasteiger partial charge is 0.0591 e. The SMILES string of the molecule is CCc1ccccc1C(NC)c1csc2c(Br)cccc12. The molecule has 0 spiro atoms. The van der Waals surface area contributed by atoms with Crippen molar-refractivity contribution in [1.29, 1.82) is 0 Å². The maximum atomic E-state index is 3.66. The number of halogens is 1. The van der Waals surface area contributed by atoms with Gasteiger partial charge in [0.05, 0.1) is 6.04 Å². The first-order chi connectivity index (χ1) is 10.3. The number of aryl methyl sites for hydroxylation is 1. The first-order valence-corrected chi connectivity index (χ1v) is 8.84. The Balaban J connectivity index is 2.17. The number of nitrogens with one attached hydrogen (secondary N) is 1. The highest BCUT2D eigenvalue weighted by Gasteiger charge is 2.19. The Hall–Kier alpha value is -1.16.